The number of amides is 1. The summed E-state index contributed by atoms with van der Waals surface area (Å²) in [5.41, 5.74) is 1.99. The molecule has 0 radical (unpaired) electrons. The van der Waals surface area contributed by atoms with Gasteiger partial charge in [0.05, 0.1) is 7.11 Å². The van der Waals surface area contributed by atoms with E-state index in [4.69, 9.17) is 17.0 Å². The van der Waals surface area contributed by atoms with Crippen molar-refractivity contribution in [2.75, 3.05) is 7.11 Å². The number of aryl methyl sites for hydroxylation is 1. The molecular formula is C16H19N3O3S. The number of hydrogen-bond donors (Lipinski definition) is 3. The highest BCUT2D eigenvalue weighted by Gasteiger charge is 2.08. The lowest BCUT2D eigenvalue weighted by atomic mass is 10.1. The van der Waals surface area contributed by atoms with Crippen molar-refractivity contribution in [3.8, 4) is 5.75 Å². The zero-order valence-electron chi connectivity index (χ0n) is 13.1. The van der Waals surface area contributed by atoms with Gasteiger partial charge in [-0.1, -0.05) is 12.1 Å². The summed E-state index contributed by atoms with van der Waals surface area (Å²) >= 11 is 4.90. The Hall–Kier alpha value is -2.41. The summed E-state index contributed by atoms with van der Waals surface area (Å²) in [6, 6.07) is 7.48. The Morgan fingerprint density at radius 2 is 1.96 bits per heavy atom. The first-order valence-corrected chi connectivity index (χ1v) is 7.62. The van der Waals surface area contributed by atoms with Crippen LogP contribution in [0.25, 0.3) is 0 Å². The number of ether oxygens (including phenoxy) is 1. The number of methoxy groups -OCH3 is 1. The Morgan fingerprint density at radius 3 is 2.57 bits per heavy atom. The number of benzene rings is 1. The van der Waals surface area contributed by atoms with E-state index in [1.165, 1.54) is 0 Å². The Balaban J connectivity index is 1.88. The molecule has 0 atom stereocenters. The summed E-state index contributed by atoms with van der Waals surface area (Å²) in [5.74, 6) is 0.665. The van der Waals surface area contributed by atoms with E-state index >= 15 is 0 Å². The third-order valence-corrected chi connectivity index (χ3v) is 3.71. The molecule has 3 N–H and O–H groups in total. The predicted octanol–water partition coefficient (Wildman–Crippen LogP) is 2.00. The van der Waals surface area contributed by atoms with Crippen molar-refractivity contribution in [3.63, 3.8) is 0 Å². The van der Waals surface area contributed by atoms with Gasteiger partial charge in [-0.2, -0.15) is 0 Å². The molecule has 0 bridgehead atoms. The van der Waals surface area contributed by atoms with E-state index in [0.717, 1.165) is 11.3 Å². The summed E-state index contributed by atoms with van der Waals surface area (Å²) in [6.45, 7) is 2.21. The topological polar surface area (TPSA) is 87.0 Å². The SMILES string of the molecule is COc1ccc(CNC(=O)CCc2c(C)[nH]c(=S)[nH]c2=O)cc1. The highest BCUT2D eigenvalue weighted by atomic mass is 32.1. The minimum atomic E-state index is -0.241. The maximum Gasteiger partial charge on any atom is 0.255 e. The van der Waals surface area contributed by atoms with Crippen LogP contribution >= 0.6 is 12.2 Å². The van der Waals surface area contributed by atoms with Gasteiger partial charge in [-0.15, -0.1) is 0 Å². The first-order chi connectivity index (χ1) is 11.0. The molecule has 2 rings (SSSR count). The molecule has 122 valence electrons. The normalized spacial score (nSPS) is 10.3. The number of nitrogens with one attached hydrogen (secondary N) is 3. The van der Waals surface area contributed by atoms with Crippen molar-refractivity contribution in [1.82, 2.24) is 15.3 Å². The van der Waals surface area contributed by atoms with Crippen molar-refractivity contribution in [2.45, 2.75) is 26.3 Å². The maximum absolute atomic E-state index is 11.9. The first-order valence-electron chi connectivity index (χ1n) is 7.21. The van der Waals surface area contributed by atoms with Crippen molar-refractivity contribution in [3.05, 3.63) is 56.2 Å². The molecule has 0 saturated carbocycles. The number of carbonyl (C=O) groups is 1. The lowest BCUT2D eigenvalue weighted by Gasteiger charge is -2.07. The zero-order valence-corrected chi connectivity index (χ0v) is 13.9. The van der Waals surface area contributed by atoms with E-state index < -0.39 is 0 Å². The minimum absolute atomic E-state index is 0.109. The molecule has 0 spiro atoms. The molecule has 0 aliphatic carbocycles. The second kappa shape index (κ2) is 7.73. The van der Waals surface area contributed by atoms with Gasteiger partial charge in [0.25, 0.3) is 5.56 Å². The summed E-state index contributed by atoms with van der Waals surface area (Å²) in [4.78, 5) is 29.2. The number of H-pyrrole nitrogens is 2. The van der Waals surface area contributed by atoms with Crippen LogP contribution in [0.1, 0.15) is 23.2 Å². The minimum Gasteiger partial charge on any atom is -0.497 e. The van der Waals surface area contributed by atoms with E-state index in [1.54, 1.807) is 14.0 Å². The summed E-state index contributed by atoms with van der Waals surface area (Å²) in [6.07, 6.45) is 0.604. The molecule has 1 heterocycles. The van der Waals surface area contributed by atoms with Crippen molar-refractivity contribution in [1.29, 1.82) is 0 Å². The van der Waals surface area contributed by atoms with Crippen molar-refractivity contribution < 1.29 is 9.53 Å². The zero-order chi connectivity index (χ0) is 16.8. The summed E-state index contributed by atoms with van der Waals surface area (Å²) in [5, 5.41) is 2.83. The van der Waals surface area contributed by atoms with Crippen LogP contribution in [0, 0.1) is 11.7 Å². The van der Waals surface area contributed by atoms with Crippen LogP contribution in [0.2, 0.25) is 0 Å². The Morgan fingerprint density at radius 1 is 1.26 bits per heavy atom. The molecule has 0 saturated heterocycles. The van der Waals surface area contributed by atoms with Crippen LogP contribution in [0.4, 0.5) is 0 Å². The smallest absolute Gasteiger partial charge is 0.255 e. The van der Waals surface area contributed by atoms with Crippen LogP contribution in [-0.4, -0.2) is 23.0 Å². The molecule has 23 heavy (non-hydrogen) atoms. The van der Waals surface area contributed by atoms with Gasteiger partial charge in [0.1, 0.15) is 5.75 Å². The number of hydrogen-bond acceptors (Lipinski definition) is 4. The van der Waals surface area contributed by atoms with Crippen LogP contribution in [0.3, 0.4) is 0 Å². The van der Waals surface area contributed by atoms with E-state index in [1.807, 2.05) is 24.3 Å². The first kappa shape index (κ1) is 17.0. The van der Waals surface area contributed by atoms with Gasteiger partial charge < -0.3 is 15.0 Å². The second-order valence-electron chi connectivity index (χ2n) is 5.14. The standard InChI is InChI=1S/C16H19N3O3S/c1-10-13(15(21)19-16(23)18-10)7-8-14(20)17-9-11-3-5-12(22-2)6-4-11/h3-6H,7-9H2,1-2H3,(H,17,20)(H2,18,19,21,23). The molecule has 1 aromatic heterocycles. The van der Waals surface area contributed by atoms with Crippen molar-refractivity contribution in [2.24, 2.45) is 0 Å². The lowest BCUT2D eigenvalue weighted by Crippen LogP contribution is -2.25. The molecule has 0 fully saturated rings. The molecule has 0 unspecified atom stereocenters. The van der Waals surface area contributed by atoms with Gasteiger partial charge in [0, 0.05) is 24.2 Å². The van der Waals surface area contributed by atoms with E-state index in [-0.39, 0.29) is 17.9 Å². The lowest BCUT2D eigenvalue weighted by molar-refractivity contribution is -0.121. The molecule has 7 heteroatoms. The van der Waals surface area contributed by atoms with Crippen LogP contribution in [0.5, 0.6) is 5.75 Å². The van der Waals surface area contributed by atoms with Gasteiger partial charge in [-0.05, 0) is 43.3 Å². The molecule has 1 aromatic carbocycles. The number of rotatable bonds is 6. The van der Waals surface area contributed by atoms with Gasteiger partial charge in [-0.25, -0.2) is 0 Å². The fraction of sp³-hybridized carbons (Fsp3) is 0.312. The summed E-state index contributed by atoms with van der Waals surface area (Å²) in [7, 11) is 1.61. The average Bonchev–Trinajstić information content (AvgIpc) is 2.52. The molecule has 6 nitrogen and oxygen atoms in total. The fourth-order valence-corrected chi connectivity index (χ4v) is 2.44. The van der Waals surface area contributed by atoms with E-state index in [9.17, 15) is 9.59 Å². The van der Waals surface area contributed by atoms with Gasteiger partial charge in [0.15, 0.2) is 4.77 Å². The molecule has 0 aliphatic rings. The average molecular weight is 333 g/mol. The maximum atomic E-state index is 11.9. The molecule has 0 aliphatic heterocycles. The monoisotopic (exact) mass is 333 g/mol. The Kier molecular flexibility index (Phi) is 5.70. The highest BCUT2D eigenvalue weighted by molar-refractivity contribution is 7.71. The van der Waals surface area contributed by atoms with Gasteiger partial charge >= 0.3 is 0 Å². The number of aromatic nitrogens is 2. The molecule has 2 aromatic rings. The van der Waals surface area contributed by atoms with Gasteiger partial charge in [-0.3, -0.25) is 14.6 Å². The quantitative estimate of drug-likeness (QED) is 0.706. The predicted molar refractivity (Wildman–Crippen MR) is 90.1 cm³/mol. The number of carbonyl (C=O) groups excluding carboxylic acids is 1. The van der Waals surface area contributed by atoms with Crippen LogP contribution in [-0.2, 0) is 17.8 Å². The third-order valence-electron chi connectivity index (χ3n) is 3.51. The summed E-state index contributed by atoms with van der Waals surface area (Å²) < 4.78 is 5.37. The van der Waals surface area contributed by atoms with E-state index in [0.29, 0.717) is 29.0 Å². The molecular weight excluding hydrogens is 314 g/mol. The highest BCUT2D eigenvalue weighted by Crippen LogP contribution is 2.11. The second-order valence-corrected chi connectivity index (χ2v) is 5.54. The largest absolute Gasteiger partial charge is 0.497 e. The Labute approximate surface area is 138 Å². The van der Waals surface area contributed by atoms with Crippen molar-refractivity contribution >= 4 is 18.1 Å². The molecule has 1 amide bonds. The third kappa shape index (κ3) is 4.79. The van der Waals surface area contributed by atoms with Crippen LogP contribution in [0.15, 0.2) is 29.1 Å². The van der Waals surface area contributed by atoms with Gasteiger partial charge in [0.2, 0.25) is 5.91 Å². The van der Waals surface area contributed by atoms with Crippen LogP contribution < -0.4 is 15.6 Å². The fourth-order valence-electron chi connectivity index (χ4n) is 2.20. The number of aromatic amines is 2. The Bertz CT molecular complexity index is 793. The van der Waals surface area contributed by atoms with E-state index in [2.05, 4.69) is 15.3 Å².